The molecule has 1 heterocycles. The predicted octanol–water partition coefficient (Wildman–Crippen LogP) is 2.18. The molecule has 1 aromatic rings. The molecule has 1 aromatic carbocycles. The highest BCUT2D eigenvalue weighted by molar-refractivity contribution is 5.80. The van der Waals surface area contributed by atoms with Gasteiger partial charge in [0.2, 0.25) is 5.91 Å². The summed E-state index contributed by atoms with van der Waals surface area (Å²) in [5.41, 5.74) is 3.14. The Morgan fingerprint density at radius 1 is 1.35 bits per heavy atom. The van der Waals surface area contributed by atoms with Crippen molar-refractivity contribution in [1.29, 1.82) is 0 Å². The molecule has 0 aromatic heterocycles. The van der Waals surface area contributed by atoms with Gasteiger partial charge in [-0.2, -0.15) is 0 Å². The Balaban J connectivity index is 1.70. The first-order chi connectivity index (χ1) is 9.58. The van der Waals surface area contributed by atoms with Crippen LogP contribution in [0.3, 0.4) is 0 Å². The number of hydrogen-bond donors (Lipinski definition) is 2. The van der Waals surface area contributed by atoms with Crippen LogP contribution < -0.4 is 10.6 Å². The lowest BCUT2D eigenvalue weighted by molar-refractivity contribution is -0.126. The lowest BCUT2D eigenvalue weighted by Gasteiger charge is -2.37. The zero-order valence-corrected chi connectivity index (χ0v) is 12.4. The Bertz CT molecular complexity index is 505. The van der Waals surface area contributed by atoms with Crippen molar-refractivity contribution in [2.45, 2.75) is 38.0 Å². The zero-order valence-electron chi connectivity index (χ0n) is 12.4. The number of carbonyl (C=O) groups excluding carboxylic acids is 1. The van der Waals surface area contributed by atoms with Crippen LogP contribution in [0.1, 0.15) is 43.7 Å². The first-order valence-corrected chi connectivity index (χ1v) is 7.66. The average molecular weight is 272 g/mol. The van der Waals surface area contributed by atoms with Crippen LogP contribution in [0.5, 0.6) is 0 Å². The second kappa shape index (κ2) is 5.21. The van der Waals surface area contributed by atoms with E-state index in [1.54, 1.807) is 0 Å². The second-order valence-corrected chi connectivity index (χ2v) is 6.81. The molecule has 108 valence electrons. The quantitative estimate of drug-likeness (QED) is 0.885. The number of fused-ring (bicyclic) bond motifs is 1. The van der Waals surface area contributed by atoms with E-state index in [1.165, 1.54) is 17.5 Å². The molecule has 1 aliphatic carbocycles. The van der Waals surface area contributed by atoms with Crippen molar-refractivity contribution in [3.05, 3.63) is 35.4 Å². The Morgan fingerprint density at radius 3 is 2.80 bits per heavy atom. The Labute approximate surface area is 121 Å². The standard InChI is InChI=1S/C17H24N2O/c1-17(2)8-7-12(14-5-3-4-6-15(14)17)11-19-16(20)13-9-18-10-13/h3-6,12-13,18H,7-11H2,1-2H3,(H,19,20). The van der Waals surface area contributed by atoms with Crippen molar-refractivity contribution in [1.82, 2.24) is 10.6 Å². The van der Waals surface area contributed by atoms with Crippen molar-refractivity contribution >= 4 is 5.91 Å². The maximum absolute atomic E-state index is 12.0. The number of amides is 1. The van der Waals surface area contributed by atoms with Crippen LogP contribution in [0.15, 0.2) is 24.3 Å². The van der Waals surface area contributed by atoms with E-state index in [-0.39, 0.29) is 17.2 Å². The highest BCUT2D eigenvalue weighted by atomic mass is 16.2. The predicted molar refractivity (Wildman–Crippen MR) is 80.8 cm³/mol. The minimum Gasteiger partial charge on any atom is -0.355 e. The third-order valence-corrected chi connectivity index (χ3v) is 4.92. The molecular weight excluding hydrogens is 248 g/mol. The summed E-state index contributed by atoms with van der Waals surface area (Å²) in [4.78, 5) is 12.0. The van der Waals surface area contributed by atoms with Crippen molar-refractivity contribution in [3.63, 3.8) is 0 Å². The summed E-state index contributed by atoms with van der Waals surface area (Å²) >= 11 is 0. The van der Waals surface area contributed by atoms with Gasteiger partial charge in [-0.05, 0) is 29.4 Å². The first kappa shape index (κ1) is 13.6. The minimum atomic E-state index is 0.185. The SMILES string of the molecule is CC1(C)CCC(CNC(=O)C2CNC2)c2ccccc21. The fraction of sp³-hybridized carbons (Fsp3) is 0.588. The van der Waals surface area contributed by atoms with E-state index in [4.69, 9.17) is 0 Å². The van der Waals surface area contributed by atoms with E-state index < -0.39 is 0 Å². The topological polar surface area (TPSA) is 41.1 Å². The van der Waals surface area contributed by atoms with Crippen LogP contribution in [-0.4, -0.2) is 25.5 Å². The highest BCUT2D eigenvalue weighted by Gasteiger charge is 2.33. The Morgan fingerprint density at radius 2 is 2.10 bits per heavy atom. The van der Waals surface area contributed by atoms with E-state index in [0.29, 0.717) is 5.92 Å². The van der Waals surface area contributed by atoms with Crippen LogP contribution in [0.25, 0.3) is 0 Å². The highest BCUT2D eigenvalue weighted by Crippen LogP contribution is 2.42. The van der Waals surface area contributed by atoms with E-state index in [2.05, 4.69) is 48.7 Å². The molecule has 3 nitrogen and oxygen atoms in total. The fourth-order valence-electron chi connectivity index (χ4n) is 3.35. The monoisotopic (exact) mass is 272 g/mol. The van der Waals surface area contributed by atoms with Gasteiger partial charge in [0.25, 0.3) is 0 Å². The van der Waals surface area contributed by atoms with Gasteiger partial charge in [-0.1, -0.05) is 38.1 Å². The fourth-order valence-corrected chi connectivity index (χ4v) is 3.35. The maximum Gasteiger partial charge on any atom is 0.225 e. The van der Waals surface area contributed by atoms with Gasteiger partial charge in [0, 0.05) is 25.6 Å². The molecule has 20 heavy (non-hydrogen) atoms. The van der Waals surface area contributed by atoms with Gasteiger partial charge in [0.1, 0.15) is 0 Å². The molecule has 1 saturated heterocycles. The van der Waals surface area contributed by atoms with E-state index >= 15 is 0 Å². The van der Waals surface area contributed by atoms with Crippen LogP contribution in [0.4, 0.5) is 0 Å². The van der Waals surface area contributed by atoms with Crippen LogP contribution in [-0.2, 0) is 10.2 Å². The second-order valence-electron chi connectivity index (χ2n) is 6.81. The summed E-state index contributed by atoms with van der Waals surface area (Å²) in [6, 6.07) is 8.73. The lowest BCUT2D eigenvalue weighted by atomic mass is 9.69. The molecule has 0 spiro atoms. The van der Waals surface area contributed by atoms with Gasteiger partial charge in [0.15, 0.2) is 0 Å². The average Bonchev–Trinajstić information content (AvgIpc) is 2.36. The van der Waals surface area contributed by atoms with Gasteiger partial charge in [-0.3, -0.25) is 4.79 Å². The Kier molecular flexibility index (Phi) is 3.55. The van der Waals surface area contributed by atoms with Crippen molar-refractivity contribution in [3.8, 4) is 0 Å². The molecule has 0 saturated carbocycles. The number of carbonyl (C=O) groups is 1. The molecule has 2 N–H and O–H groups in total. The van der Waals surface area contributed by atoms with Crippen LogP contribution >= 0.6 is 0 Å². The summed E-state index contributed by atoms with van der Waals surface area (Å²) in [5.74, 6) is 0.868. The molecule has 3 heteroatoms. The molecule has 0 radical (unpaired) electrons. The van der Waals surface area contributed by atoms with E-state index in [9.17, 15) is 4.79 Å². The van der Waals surface area contributed by atoms with Gasteiger partial charge in [0.05, 0.1) is 5.92 Å². The van der Waals surface area contributed by atoms with Gasteiger partial charge < -0.3 is 10.6 Å². The molecule has 1 amide bonds. The van der Waals surface area contributed by atoms with Crippen LogP contribution in [0.2, 0.25) is 0 Å². The largest absolute Gasteiger partial charge is 0.355 e. The number of nitrogens with one attached hydrogen (secondary N) is 2. The molecule has 1 unspecified atom stereocenters. The van der Waals surface area contributed by atoms with Crippen LogP contribution in [0, 0.1) is 5.92 Å². The van der Waals surface area contributed by atoms with Gasteiger partial charge in [-0.15, -0.1) is 0 Å². The molecule has 1 atom stereocenters. The first-order valence-electron chi connectivity index (χ1n) is 7.66. The third-order valence-electron chi connectivity index (χ3n) is 4.92. The number of rotatable bonds is 3. The molecular formula is C17H24N2O. The Hall–Kier alpha value is -1.35. The summed E-state index contributed by atoms with van der Waals surface area (Å²) in [6.45, 7) is 7.09. The molecule has 0 bridgehead atoms. The normalized spacial score (nSPS) is 24.6. The third kappa shape index (κ3) is 2.47. The lowest BCUT2D eigenvalue weighted by Crippen LogP contribution is -2.51. The van der Waals surface area contributed by atoms with Gasteiger partial charge >= 0.3 is 0 Å². The summed E-state index contributed by atoms with van der Waals surface area (Å²) < 4.78 is 0. The van der Waals surface area contributed by atoms with Gasteiger partial charge in [-0.25, -0.2) is 0 Å². The summed E-state index contributed by atoms with van der Waals surface area (Å²) in [5, 5.41) is 6.29. The molecule has 3 rings (SSSR count). The number of hydrogen-bond acceptors (Lipinski definition) is 2. The van der Waals surface area contributed by atoms with E-state index in [0.717, 1.165) is 26.1 Å². The summed E-state index contributed by atoms with van der Waals surface area (Å²) in [7, 11) is 0. The minimum absolute atomic E-state index is 0.185. The number of benzene rings is 1. The van der Waals surface area contributed by atoms with E-state index in [1.807, 2.05) is 0 Å². The van der Waals surface area contributed by atoms with Crippen molar-refractivity contribution in [2.75, 3.05) is 19.6 Å². The molecule has 2 aliphatic rings. The maximum atomic E-state index is 12.0. The van der Waals surface area contributed by atoms with Crippen molar-refractivity contribution in [2.24, 2.45) is 5.92 Å². The molecule has 1 aliphatic heterocycles. The van der Waals surface area contributed by atoms with Crippen molar-refractivity contribution < 1.29 is 4.79 Å². The smallest absolute Gasteiger partial charge is 0.225 e. The summed E-state index contributed by atoms with van der Waals surface area (Å²) in [6.07, 6.45) is 2.35. The zero-order chi connectivity index (χ0) is 14.2. The molecule has 1 fully saturated rings.